The summed E-state index contributed by atoms with van der Waals surface area (Å²) in [6.07, 6.45) is 0. The Morgan fingerprint density at radius 1 is 0.329 bits per heavy atom. The minimum Gasteiger partial charge on any atom is -0.457 e. The maximum atomic E-state index is 7.38. The second-order valence-electron chi connectivity index (χ2n) is 17.4. The Morgan fingerprint density at radius 3 is 1.30 bits per heavy atom. The van der Waals surface area contributed by atoms with E-state index in [1.54, 1.807) is 12.1 Å². The van der Waals surface area contributed by atoms with Crippen LogP contribution < -0.4 is 92.3 Å². The van der Waals surface area contributed by atoms with E-state index in [2.05, 4.69) is 0 Å². The molecule has 3 aromatic heterocycles. The third-order valence-corrected chi connectivity index (χ3v) is 13.3. The lowest BCUT2D eigenvalue weighted by Gasteiger charge is -2.36. The third-order valence-electron chi connectivity index (χ3n) is 13.3. The van der Waals surface area contributed by atoms with Crippen LogP contribution in [0.3, 0.4) is 0 Å². The molecule has 0 spiro atoms. The van der Waals surface area contributed by atoms with Gasteiger partial charge in [-0.05, 0) is 23.3 Å². The predicted molar refractivity (Wildman–Crippen MR) is 317 cm³/mol. The molecule has 8 aromatic carbocycles. The van der Waals surface area contributed by atoms with Crippen LogP contribution in [0.1, 0.15) is 0 Å². The van der Waals surface area contributed by atoms with E-state index in [1.165, 1.54) is 4.90 Å². The number of aromatic nitrogens is 3. The number of furan rings is 2. The van der Waals surface area contributed by atoms with Crippen molar-refractivity contribution in [3.8, 4) is 45.3 Å². The summed E-state index contributed by atoms with van der Waals surface area (Å²) in [7, 11) is 108. The Bertz CT molecular complexity index is 4070. The maximum Gasteiger partial charge on any atom is 0.164 e. The summed E-state index contributed by atoms with van der Waals surface area (Å²) in [5, 5.41) is 1.74. The number of benzene rings is 8. The smallest absolute Gasteiger partial charge is 0.164 e. The van der Waals surface area contributed by atoms with Crippen LogP contribution in [0.5, 0.6) is 0 Å². The molecular formula is C51H16B16N4O2. The van der Waals surface area contributed by atoms with E-state index in [0.29, 0.717) is 33.8 Å². The molecule has 0 unspecified atom stereocenters. The predicted octanol–water partition coefficient (Wildman–Crippen LogP) is -5.49. The van der Waals surface area contributed by atoms with Gasteiger partial charge in [0.2, 0.25) is 0 Å². The minimum absolute atomic E-state index is 0.00183. The van der Waals surface area contributed by atoms with Gasteiger partial charge in [-0.2, -0.15) is 0 Å². The fourth-order valence-electron chi connectivity index (χ4n) is 9.51. The molecule has 0 amide bonds. The van der Waals surface area contributed by atoms with Gasteiger partial charge >= 0.3 is 0 Å². The highest BCUT2D eigenvalue weighted by Crippen LogP contribution is 2.43. The lowest BCUT2D eigenvalue weighted by molar-refractivity contribution is 0.669. The molecule has 300 valence electrons. The van der Waals surface area contributed by atoms with Crippen LogP contribution >= 0.6 is 0 Å². The fourth-order valence-corrected chi connectivity index (χ4v) is 9.51. The van der Waals surface area contributed by atoms with E-state index in [0.717, 1.165) is 16.5 Å². The van der Waals surface area contributed by atoms with Crippen molar-refractivity contribution in [3.05, 3.63) is 97.1 Å². The lowest BCUT2D eigenvalue weighted by Crippen LogP contribution is -2.57. The second-order valence-corrected chi connectivity index (χ2v) is 17.4. The third kappa shape index (κ3) is 7.36. The van der Waals surface area contributed by atoms with E-state index in [1.807, 2.05) is 84.9 Å². The first-order chi connectivity index (χ1) is 34.9. The van der Waals surface area contributed by atoms with Crippen LogP contribution in [-0.2, 0) is 0 Å². The van der Waals surface area contributed by atoms with Gasteiger partial charge in [-0.1, -0.05) is 139 Å². The number of para-hydroxylation sites is 1. The second kappa shape index (κ2) is 18.0. The zero-order valence-electron chi connectivity index (χ0n) is 38.6. The zero-order chi connectivity index (χ0) is 51.6. The van der Waals surface area contributed by atoms with Crippen LogP contribution in [0.25, 0.3) is 89.2 Å². The first-order valence-corrected chi connectivity index (χ1v) is 22.3. The van der Waals surface area contributed by atoms with Gasteiger partial charge in [0.1, 0.15) is 148 Å². The Balaban J connectivity index is 1.30. The summed E-state index contributed by atoms with van der Waals surface area (Å²) in [6, 6.07) is 30.0. The van der Waals surface area contributed by atoms with Crippen LogP contribution in [0.4, 0.5) is 17.1 Å². The van der Waals surface area contributed by atoms with Gasteiger partial charge in [0.05, 0.1) is 5.69 Å². The SMILES string of the molecule is [B]c1c([B])c([B])c(-c2c([B])c([B])c(N(c3cc(-c4nc(-c5ccccc5)nc(-c5ccccc5)n4)c4c(c3)oc3ccccc34)c3c([B])c([B])c4oc5c([B])c([B])c([B])c([B])c5c4c3[B])c([B])c2[B])c([B])c1[B]. The highest BCUT2D eigenvalue weighted by molar-refractivity contribution is 6.72. The van der Waals surface area contributed by atoms with Crippen molar-refractivity contribution < 1.29 is 8.83 Å². The van der Waals surface area contributed by atoms with Gasteiger partial charge in [0.15, 0.2) is 17.5 Å². The van der Waals surface area contributed by atoms with Gasteiger partial charge in [0.25, 0.3) is 0 Å². The molecule has 0 aliphatic rings. The van der Waals surface area contributed by atoms with E-state index < -0.39 is 0 Å². The summed E-state index contributed by atoms with van der Waals surface area (Å²) >= 11 is 0. The topological polar surface area (TPSA) is 68.2 Å². The van der Waals surface area contributed by atoms with Crippen molar-refractivity contribution >= 4 is 274 Å². The van der Waals surface area contributed by atoms with Crippen molar-refractivity contribution in [1.82, 2.24) is 15.0 Å². The van der Waals surface area contributed by atoms with Crippen molar-refractivity contribution in [2.75, 3.05) is 4.90 Å². The molecule has 3 heterocycles. The summed E-state index contributed by atoms with van der Waals surface area (Å²) in [5.41, 5.74) is 1.83. The van der Waals surface area contributed by atoms with Gasteiger partial charge in [0, 0.05) is 55.7 Å². The molecule has 0 aliphatic carbocycles. The van der Waals surface area contributed by atoms with Crippen molar-refractivity contribution in [2.24, 2.45) is 0 Å². The normalized spacial score (nSPS) is 11.6. The van der Waals surface area contributed by atoms with Crippen LogP contribution in [-0.4, -0.2) is 140 Å². The molecule has 11 aromatic rings. The van der Waals surface area contributed by atoms with Crippen LogP contribution in [0.15, 0.2) is 106 Å². The molecule has 32 radical (unpaired) electrons. The first kappa shape index (κ1) is 48.5. The van der Waals surface area contributed by atoms with E-state index >= 15 is 0 Å². The van der Waals surface area contributed by atoms with E-state index in [-0.39, 0.29) is 143 Å². The standard InChI is InChI=1S/C51H16B16N4O2/c52-29-25(30(53)36(59)38(61)35(29)58)26-31(54)40(63)46(41(64)32(26)55)71(45-34(57)28-27-33(56)37(60)39(62)43(66)47(27)73-48(28)44(67)42(45)65)19-15-21(24-20-13-7-8-14-22(20)72-23(24)16-19)51-69-49(17-9-3-1-4-10-17)68-50(70-51)18-11-5-2-6-12-18/h1-16H. The van der Waals surface area contributed by atoms with Gasteiger partial charge in [-0.3, -0.25) is 0 Å². The molecule has 73 heavy (non-hydrogen) atoms. The molecule has 22 heteroatoms. The number of hydrogen-bond acceptors (Lipinski definition) is 6. The van der Waals surface area contributed by atoms with Crippen molar-refractivity contribution in [2.45, 2.75) is 0 Å². The summed E-state index contributed by atoms with van der Waals surface area (Å²) in [4.78, 5) is 16.7. The lowest BCUT2D eigenvalue weighted by atomic mass is 9.56. The summed E-state index contributed by atoms with van der Waals surface area (Å²) in [6.45, 7) is 0. The maximum absolute atomic E-state index is 7.38. The average molecular weight is 890 g/mol. The van der Waals surface area contributed by atoms with Gasteiger partial charge in [-0.15, -0.1) is 27.3 Å². The molecule has 0 saturated carbocycles. The summed E-state index contributed by atoms with van der Waals surface area (Å²) < 4.78 is 13.0. The van der Waals surface area contributed by atoms with E-state index in [4.69, 9.17) is 149 Å². The zero-order valence-corrected chi connectivity index (χ0v) is 38.6. The molecule has 0 aliphatic heterocycles. The quantitative estimate of drug-likeness (QED) is 0.149. The number of rotatable bonds is 7. The minimum atomic E-state index is -0.172. The number of nitrogens with zero attached hydrogens (tertiary/aromatic N) is 4. The fraction of sp³-hybridized carbons (Fsp3) is 0. The van der Waals surface area contributed by atoms with Gasteiger partial charge in [-0.25, -0.2) is 15.0 Å². The Kier molecular flexibility index (Phi) is 12.0. The van der Waals surface area contributed by atoms with Crippen LogP contribution in [0, 0.1) is 0 Å². The summed E-state index contributed by atoms with van der Waals surface area (Å²) in [5.74, 6) is 1.02. The Hall–Kier alpha value is -6.79. The number of fused-ring (bicyclic) bond motifs is 6. The van der Waals surface area contributed by atoms with Crippen molar-refractivity contribution in [1.29, 1.82) is 0 Å². The molecule has 0 atom stereocenters. The largest absolute Gasteiger partial charge is 0.457 e. The molecule has 0 bridgehead atoms. The van der Waals surface area contributed by atoms with E-state index in [9.17, 15) is 0 Å². The molecule has 0 N–H and O–H groups in total. The average Bonchev–Trinajstić information content (AvgIpc) is 4.00. The molecular weight excluding hydrogens is 874 g/mol. The molecule has 0 fully saturated rings. The number of hydrogen-bond donors (Lipinski definition) is 0. The highest BCUT2D eigenvalue weighted by atomic mass is 16.3. The molecule has 0 saturated heterocycles. The van der Waals surface area contributed by atoms with Crippen molar-refractivity contribution in [3.63, 3.8) is 0 Å². The monoisotopic (exact) mass is 892 g/mol. The Labute approximate surface area is 442 Å². The van der Waals surface area contributed by atoms with Gasteiger partial charge < -0.3 is 13.7 Å². The van der Waals surface area contributed by atoms with Crippen LogP contribution in [0.2, 0.25) is 0 Å². The Morgan fingerprint density at radius 2 is 0.740 bits per heavy atom. The molecule has 11 rings (SSSR count). The highest BCUT2D eigenvalue weighted by Gasteiger charge is 2.31. The number of anilines is 3. The first-order valence-electron chi connectivity index (χ1n) is 22.3. The molecule has 6 nitrogen and oxygen atoms in total.